The Morgan fingerprint density at radius 1 is 1.41 bits per heavy atom. The van der Waals surface area contributed by atoms with E-state index in [0.717, 1.165) is 12.8 Å². The number of amides is 2. The Labute approximate surface area is 100 Å². The molecule has 1 N–H and O–H groups in total. The lowest BCUT2D eigenvalue weighted by Crippen LogP contribution is -2.46. The van der Waals surface area contributed by atoms with Crippen LogP contribution in [0.25, 0.3) is 0 Å². The summed E-state index contributed by atoms with van der Waals surface area (Å²) < 4.78 is 10.4. The second-order valence-corrected chi connectivity index (χ2v) is 4.34. The second kappa shape index (κ2) is 5.35. The minimum Gasteiger partial charge on any atom is -0.444 e. The van der Waals surface area contributed by atoms with Crippen LogP contribution in [0.3, 0.4) is 0 Å². The summed E-state index contributed by atoms with van der Waals surface area (Å²) in [5, 5.41) is 2.57. The number of rotatable bonds is 2. The van der Waals surface area contributed by atoms with Crippen LogP contribution in [0.4, 0.5) is 4.79 Å². The largest absolute Gasteiger partial charge is 0.444 e. The maximum absolute atomic E-state index is 11.9. The zero-order chi connectivity index (χ0) is 12.3. The summed E-state index contributed by atoms with van der Waals surface area (Å²) in [6.45, 7) is 1.69. The van der Waals surface area contributed by atoms with Gasteiger partial charge in [-0.1, -0.05) is 0 Å². The number of nitrogens with one attached hydrogen (secondary N) is 1. The fourth-order valence-corrected chi connectivity index (χ4v) is 2.24. The Kier molecular flexibility index (Phi) is 3.83. The maximum atomic E-state index is 11.9. The number of hydrogen-bond donors (Lipinski definition) is 1. The van der Waals surface area contributed by atoms with Crippen LogP contribution in [-0.4, -0.2) is 55.9 Å². The molecule has 2 heterocycles. The first-order valence-electron chi connectivity index (χ1n) is 5.99. The van der Waals surface area contributed by atoms with Gasteiger partial charge in [-0.15, -0.1) is 0 Å². The molecule has 2 rings (SSSR count). The molecule has 2 unspecified atom stereocenters. The van der Waals surface area contributed by atoms with Gasteiger partial charge in [-0.2, -0.15) is 0 Å². The highest BCUT2D eigenvalue weighted by Gasteiger charge is 2.35. The Bertz CT molecular complexity index is 302. The van der Waals surface area contributed by atoms with Gasteiger partial charge >= 0.3 is 6.09 Å². The highest BCUT2D eigenvalue weighted by molar-refractivity contribution is 5.86. The zero-order valence-corrected chi connectivity index (χ0v) is 9.98. The predicted molar refractivity (Wildman–Crippen MR) is 59.5 cm³/mol. The SMILES string of the molecule is CNC(=O)C1CCCN1C(=O)OC1CCOC1. The minimum absolute atomic E-state index is 0.123. The zero-order valence-electron chi connectivity index (χ0n) is 9.98. The van der Waals surface area contributed by atoms with Gasteiger partial charge in [-0.25, -0.2) is 4.79 Å². The van der Waals surface area contributed by atoms with Crippen LogP contribution in [0.1, 0.15) is 19.3 Å². The van der Waals surface area contributed by atoms with Crippen LogP contribution < -0.4 is 5.32 Å². The molecule has 2 amide bonds. The average molecular weight is 242 g/mol. The first-order chi connectivity index (χ1) is 8.22. The van der Waals surface area contributed by atoms with Gasteiger partial charge in [-0.3, -0.25) is 9.69 Å². The summed E-state index contributed by atoms with van der Waals surface area (Å²) in [6, 6.07) is -0.380. The van der Waals surface area contributed by atoms with Gasteiger partial charge in [0.15, 0.2) is 0 Å². The number of ether oxygens (including phenoxy) is 2. The van der Waals surface area contributed by atoms with E-state index in [1.165, 1.54) is 4.90 Å². The van der Waals surface area contributed by atoms with E-state index in [2.05, 4.69) is 5.32 Å². The fraction of sp³-hybridized carbons (Fsp3) is 0.818. The number of nitrogens with zero attached hydrogens (tertiary/aromatic N) is 1. The van der Waals surface area contributed by atoms with Gasteiger partial charge in [0.05, 0.1) is 13.2 Å². The quantitative estimate of drug-likeness (QED) is 0.747. The lowest BCUT2D eigenvalue weighted by Gasteiger charge is -2.24. The van der Waals surface area contributed by atoms with Gasteiger partial charge in [0.2, 0.25) is 5.91 Å². The van der Waals surface area contributed by atoms with E-state index in [0.29, 0.717) is 26.2 Å². The Morgan fingerprint density at radius 2 is 2.24 bits per heavy atom. The molecule has 0 bridgehead atoms. The van der Waals surface area contributed by atoms with Crippen LogP contribution in [0.2, 0.25) is 0 Å². The number of likely N-dealkylation sites (N-methyl/N-ethyl adjacent to an activating group) is 1. The molecule has 0 aromatic heterocycles. The number of carbonyl (C=O) groups is 2. The standard InChI is InChI=1S/C11H18N2O4/c1-12-10(14)9-3-2-5-13(9)11(15)17-8-4-6-16-7-8/h8-9H,2-7H2,1H3,(H,12,14). The molecule has 6 heteroatoms. The number of hydrogen-bond acceptors (Lipinski definition) is 4. The summed E-state index contributed by atoms with van der Waals surface area (Å²) in [5.41, 5.74) is 0. The molecule has 2 atom stereocenters. The van der Waals surface area contributed by atoms with Crippen LogP contribution in [0.5, 0.6) is 0 Å². The number of likely N-dealkylation sites (tertiary alicyclic amines) is 1. The molecule has 2 aliphatic rings. The minimum atomic E-state index is -0.397. The molecular weight excluding hydrogens is 224 g/mol. The van der Waals surface area contributed by atoms with E-state index in [4.69, 9.17) is 9.47 Å². The van der Waals surface area contributed by atoms with Crippen LogP contribution >= 0.6 is 0 Å². The van der Waals surface area contributed by atoms with Crippen molar-refractivity contribution in [1.29, 1.82) is 0 Å². The molecule has 0 radical (unpaired) electrons. The normalized spacial score (nSPS) is 28.2. The summed E-state index contributed by atoms with van der Waals surface area (Å²) in [5.74, 6) is -0.123. The third-order valence-electron chi connectivity index (χ3n) is 3.19. The predicted octanol–water partition coefficient (Wildman–Crippen LogP) is 0.122. The Balaban J connectivity index is 1.90. The summed E-state index contributed by atoms with van der Waals surface area (Å²) in [6.07, 6.45) is 1.73. The van der Waals surface area contributed by atoms with E-state index in [1.807, 2.05) is 0 Å². The van der Waals surface area contributed by atoms with Crippen molar-refractivity contribution < 1.29 is 19.1 Å². The van der Waals surface area contributed by atoms with Gasteiger partial charge < -0.3 is 14.8 Å². The smallest absolute Gasteiger partial charge is 0.410 e. The van der Waals surface area contributed by atoms with Crippen molar-refractivity contribution in [2.24, 2.45) is 0 Å². The third-order valence-corrected chi connectivity index (χ3v) is 3.19. The molecule has 0 saturated carbocycles. The third kappa shape index (κ3) is 2.69. The highest BCUT2D eigenvalue weighted by Crippen LogP contribution is 2.20. The van der Waals surface area contributed by atoms with Crippen LogP contribution in [-0.2, 0) is 14.3 Å². The van der Waals surface area contributed by atoms with Crippen molar-refractivity contribution in [3.63, 3.8) is 0 Å². The average Bonchev–Trinajstić information content (AvgIpc) is 2.97. The van der Waals surface area contributed by atoms with E-state index in [-0.39, 0.29) is 18.1 Å². The van der Waals surface area contributed by atoms with Crippen molar-refractivity contribution in [2.45, 2.75) is 31.4 Å². The molecule has 96 valence electrons. The Hall–Kier alpha value is -1.30. The molecule has 2 aliphatic heterocycles. The first kappa shape index (κ1) is 12.2. The number of carbonyl (C=O) groups excluding carboxylic acids is 2. The monoisotopic (exact) mass is 242 g/mol. The van der Waals surface area contributed by atoms with Gasteiger partial charge in [0, 0.05) is 20.0 Å². The lowest BCUT2D eigenvalue weighted by atomic mass is 10.2. The molecule has 0 spiro atoms. The van der Waals surface area contributed by atoms with Gasteiger partial charge in [0.25, 0.3) is 0 Å². The van der Waals surface area contributed by atoms with Crippen molar-refractivity contribution in [2.75, 3.05) is 26.8 Å². The maximum Gasteiger partial charge on any atom is 0.410 e. The summed E-state index contributed by atoms with van der Waals surface area (Å²) >= 11 is 0. The van der Waals surface area contributed by atoms with E-state index >= 15 is 0 Å². The first-order valence-corrected chi connectivity index (χ1v) is 5.99. The molecular formula is C11H18N2O4. The topological polar surface area (TPSA) is 67.9 Å². The molecule has 17 heavy (non-hydrogen) atoms. The van der Waals surface area contributed by atoms with Gasteiger partial charge in [-0.05, 0) is 12.8 Å². The highest BCUT2D eigenvalue weighted by atomic mass is 16.6. The van der Waals surface area contributed by atoms with Crippen LogP contribution in [0, 0.1) is 0 Å². The van der Waals surface area contributed by atoms with E-state index in [9.17, 15) is 9.59 Å². The van der Waals surface area contributed by atoms with Crippen molar-refractivity contribution in [3.05, 3.63) is 0 Å². The molecule has 0 aromatic carbocycles. The second-order valence-electron chi connectivity index (χ2n) is 4.34. The van der Waals surface area contributed by atoms with Crippen molar-refractivity contribution >= 4 is 12.0 Å². The van der Waals surface area contributed by atoms with Crippen molar-refractivity contribution in [1.82, 2.24) is 10.2 Å². The van der Waals surface area contributed by atoms with E-state index in [1.54, 1.807) is 7.05 Å². The van der Waals surface area contributed by atoms with Gasteiger partial charge in [0.1, 0.15) is 12.1 Å². The Morgan fingerprint density at radius 3 is 2.88 bits per heavy atom. The molecule has 0 aromatic rings. The lowest BCUT2D eigenvalue weighted by molar-refractivity contribution is -0.124. The molecule has 6 nitrogen and oxygen atoms in total. The summed E-state index contributed by atoms with van der Waals surface area (Å²) in [4.78, 5) is 25.0. The summed E-state index contributed by atoms with van der Waals surface area (Å²) in [7, 11) is 1.58. The molecule has 0 aliphatic carbocycles. The molecule has 2 saturated heterocycles. The van der Waals surface area contributed by atoms with Crippen molar-refractivity contribution in [3.8, 4) is 0 Å². The fourth-order valence-electron chi connectivity index (χ4n) is 2.24. The van der Waals surface area contributed by atoms with Crippen LogP contribution in [0.15, 0.2) is 0 Å². The van der Waals surface area contributed by atoms with E-state index < -0.39 is 6.09 Å². The molecule has 2 fully saturated rings.